The maximum atomic E-state index is 12.2. The van der Waals surface area contributed by atoms with Crippen LogP contribution < -0.4 is 5.73 Å². The van der Waals surface area contributed by atoms with E-state index in [0.29, 0.717) is 11.8 Å². The number of amides is 1. The van der Waals surface area contributed by atoms with Crippen LogP contribution in [0.25, 0.3) is 0 Å². The number of ether oxygens (including phenoxy) is 1. The largest absolute Gasteiger partial charge is 0.444 e. The molecule has 21 heavy (non-hydrogen) atoms. The molecule has 0 radical (unpaired) electrons. The molecule has 0 aromatic carbocycles. The van der Waals surface area contributed by atoms with Gasteiger partial charge in [0, 0.05) is 18.6 Å². The van der Waals surface area contributed by atoms with Crippen molar-refractivity contribution < 1.29 is 9.53 Å². The van der Waals surface area contributed by atoms with Gasteiger partial charge in [0.2, 0.25) is 0 Å². The second-order valence-electron chi connectivity index (χ2n) is 8.68. The number of carbonyl (C=O) groups excluding carboxylic acids is 1. The molecule has 1 amide bonds. The van der Waals surface area contributed by atoms with Gasteiger partial charge in [0.15, 0.2) is 0 Å². The minimum atomic E-state index is -0.425. The summed E-state index contributed by atoms with van der Waals surface area (Å²) in [5.41, 5.74) is 6.22. The number of piperidine rings is 1. The van der Waals surface area contributed by atoms with Crippen molar-refractivity contribution in [2.45, 2.75) is 71.9 Å². The zero-order chi connectivity index (χ0) is 16.1. The van der Waals surface area contributed by atoms with Crippen molar-refractivity contribution in [1.82, 2.24) is 4.90 Å². The quantitative estimate of drug-likeness (QED) is 0.849. The summed E-state index contributed by atoms with van der Waals surface area (Å²) >= 11 is 0. The van der Waals surface area contributed by atoms with E-state index in [1.165, 1.54) is 0 Å². The summed E-state index contributed by atoms with van der Waals surface area (Å²) in [6, 6.07) is 0. The molecule has 2 fully saturated rings. The number of hydrogen-bond acceptors (Lipinski definition) is 3. The zero-order valence-electron chi connectivity index (χ0n) is 14.5. The Hall–Kier alpha value is -0.770. The van der Waals surface area contributed by atoms with Gasteiger partial charge >= 0.3 is 6.09 Å². The van der Waals surface area contributed by atoms with Gasteiger partial charge in [-0.15, -0.1) is 0 Å². The predicted octanol–water partition coefficient (Wildman–Crippen LogP) is 3.40. The normalized spacial score (nSPS) is 29.2. The lowest BCUT2D eigenvalue weighted by atomic mass is 9.64. The Kier molecular flexibility index (Phi) is 4.07. The van der Waals surface area contributed by atoms with Crippen molar-refractivity contribution in [1.29, 1.82) is 0 Å². The average Bonchev–Trinajstić information content (AvgIpc) is 3.06. The number of likely N-dealkylation sites (tertiary alicyclic amines) is 1. The SMILES string of the molecule is CC1CN(C(=O)OC(C)(C)C)CCC1C(C)(C)C1(N)CC1. The fraction of sp³-hybridized carbons (Fsp3) is 0.941. The van der Waals surface area contributed by atoms with E-state index < -0.39 is 5.60 Å². The second kappa shape index (κ2) is 5.15. The Morgan fingerprint density at radius 2 is 1.81 bits per heavy atom. The summed E-state index contributed by atoms with van der Waals surface area (Å²) in [5.74, 6) is 1.03. The van der Waals surface area contributed by atoms with E-state index in [2.05, 4.69) is 20.8 Å². The van der Waals surface area contributed by atoms with Gasteiger partial charge in [-0.05, 0) is 57.3 Å². The summed E-state index contributed by atoms with van der Waals surface area (Å²) in [6.45, 7) is 14.2. The molecule has 1 aliphatic carbocycles. The van der Waals surface area contributed by atoms with Crippen LogP contribution in [0, 0.1) is 17.3 Å². The molecule has 2 unspecified atom stereocenters. The summed E-state index contributed by atoms with van der Waals surface area (Å²) in [7, 11) is 0. The van der Waals surface area contributed by atoms with E-state index in [9.17, 15) is 4.79 Å². The number of carbonyl (C=O) groups is 1. The molecular weight excluding hydrogens is 264 g/mol. The van der Waals surface area contributed by atoms with Gasteiger partial charge in [-0.25, -0.2) is 4.79 Å². The van der Waals surface area contributed by atoms with Crippen molar-refractivity contribution >= 4 is 6.09 Å². The Morgan fingerprint density at radius 1 is 1.24 bits per heavy atom. The van der Waals surface area contributed by atoms with Crippen molar-refractivity contribution in [3.63, 3.8) is 0 Å². The standard InChI is InChI=1S/C17H32N2O2/c1-12-11-19(14(20)21-15(2,3)4)10-7-13(12)16(5,6)17(18)8-9-17/h12-13H,7-11,18H2,1-6H3. The average molecular weight is 296 g/mol. The molecule has 1 saturated heterocycles. The Bertz CT molecular complexity index is 408. The first-order valence-corrected chi connectivity index (χ1v) is 8.23. The fourth-order valence-electron chi connectivity index (χ4n) is 3.86. The minimum Gasteiger partial charge on any atom is -0.444 e. The van der Waals surface area contributed by atoms with Gasteiger partial charge in [0.1, 0.15) is 5.60 Å². The van der Waals surface area contributed by atoms with Crippen molar-refractivity contribution in [2.75, 3.05) is 13.1 Å². The monoisotopic (exact) mass is 296 g/mol. The number of hydrogen-bond donors (Lipinski definition) is 1. The fourth-order valence-corrected chi connectivity index (χ4v) is 3.86. The highest BCUT2D eigenvalue weighted by atomic mass is 16.6. The molecule has 1 heterocycles. The van der Waals surface area contributed by atoms with Crippen LogP contribution in [-0.4, -0.2) is 35.2 Å². The highest BCUT2D eigenvalue weighted by Gasteiger charge is 2.56. The second-order valence-corrected chi connectivity index (χ2v) is 8.68. The van der Waals surface area contributed by atoms with E-state index >= 15 is 0 Å². The lowest BCUT2D eigenvalue weighted by Gasteiger charge is -2.47. The lowest BCUT2D eigenvalue weighted by molar-refractivity contribution is -0.00764. The van der Waals surface area contributed by atoms with Crippen LogP contribution in [0.5, 0.6) is 0 Å². The first-order valence-electron chi connectivity index (χ1n) is 8.23. The molecule has 0 spiro atoms. The summed E-state index contributed by atoms with van der Waals surface area (Å²) in [5, 5.41) is 0. The topological polar surface area (TPSA) is 55.6 Å². The van der Waals surface area contributed by atoms with Crippen molar-refractivity contribution in [3.05, 3.63) is 0 Å². The van der Waals surface area contributed by atoms with Crippen LogP contribution in [0.3, 0.4) is 0 Å². The number of nitrogens with two attached hydrogens (primary N) is 1. The highest BCUT2D eigenvalue weighted by molar-refractivity contribution is 5.68. The van der Waals surface area contributed by atoms with E-state index in [0.717, 1.165) is 32.4 Å². The van der Waals surface area contributed by atoms with Crippen molar-refractivity contribution in [2.24, 2.45) is 23.0 Å². The number of nitrogens with zero attached hydrogens (tertiary/aromatic N) is 1. The van der Waals surface area contributed by atoms with Gasteiger partial charge in [-0.1, -0.05) is 20.8 Å². The minimum absolute atomic E-state index is 0.0139. The van der Waals surface area contributed by atoms with E-state index in [1.807, 2.05) is 25.7 Å². The van der Waals surface area contributed by atoms with Gasteiger partial charge in [0.25, 0.3) is 0 Å². The summed E-state index contributed by atoms with van der Waals surface area (Å²) in [4.78, 5) is 14.1. The van der Waals surface area contributed by atoms with Crippen LogP contribution in [0.1, 0.15) is 60.8 Å². The zero-order valence-corrected chi connectivity index (χ0v) is 14.5. The summed E-state index contributed by atoms with van der Waals surface area (Å²) in [6.07, 6.45) is 3.11. The molecule has 1 aliphatic heterocycles. The third-order valence-corrected chi connectivity index (χ3v) is 5.56. The van der Waals surface area contributed by atoms with Gasteiger partial charge in [-0.3, -0.25) is 0 Å². The molecular formula is C17H32N2O2. The van der Waals surface area contributed by atoms with Crippen LogP contribution in [0.4, 0.5) is 4.79 Å². The molecule has 2 atom stereocenters. The highest BCUT2D eigenvalue weighted by Crippen LogP contribution is 2.55. The first kappa shape index (κ1) is 16.6. The maximum Gasteiger partial charge on any atom is 0.410 e. The van der Waals surface area contributed by atoms with Crippen LogP contribution in [0.2, 0.25) is 0 Å². The Labute approximate surface area is 129 Å². The molecule has 2 aliphatic rings. The smallest absolute Gasteiger partial charge is 0.410 e. The first-order chi connectivity index (χ1) is 9.46. The number of rotatable bonds is 2. The van der Waals surface area contributed by atoms with Crippen LogP contribution in [-0.2, 0) is 4.74 Å². The van der Waals surface area contributed by atoms with Gasteiger partial charge in [-0.2, -0.15) is 0 Å². The molecule has 4 nitrogen and oxygen atoms in total. The third-order valence-electron chi connectivity index (χ3n) is 5.56. The Balaban J connectivity index is 1.98. The van der Waals surface area contributed by atoms with Gasteiger partial charge in [0.05, 0.1) is 0 Å². The van der Waals surface area contributed by atoms with E-state index in [4.69, 9.17) is 10.5 Å². The lowest BCUT2D eigenvalue weighted by Crippen LogP contribution is -2.53. The van der Waals surface area contributed by atoms with E-state index in [1.54, 1.807) is 0 Å². The maximum absolute atomic E-state index is 12.2. The molecule has 122 valence electrons. The van der Waals surface area contributed by atoms with Gasteiger partial charge < -0.3 is 15.4 Å². The predicted molar refractivity (Wildman–Crippen MR) is 85.0 cm³/mol. The summed E-state index contributed by atoms with van der Waals surface area (Å²) < 4.78 is 5.49. The third kappa shape index (κ3) is 3.36. The molecule has 2 rings (SSSR count). The molecule has 0 aromatic rings. The Morgan fingerprint density at radius 3 is 2.24 bits per heavy atom. The van der Waals surface area contributed by atoms with Crippen LogP contribution >= 0.6 is 0 Å². The molecule has 0 bridgehead atoms. The molecule has 1 saturated carbocycles. The molecule has 2 N–H and O–H groups in total. The molecule has 0 aromatic heterocycles. The molecule has 4 heteroatoms. The van der Waals surface area contributed by atoms with Crippen LogP contribution in [0.15, 0.2) is 0 Å². The van der Waals surface area contributed by atoms with E-state index in [-0.39, 0.29) is 17.0 Å². The van der Waals surface area contributed by atoms with Crippen molar-refractivity contribution in [3.8, 4) is 0 Å².